The monoisotopic (exact) mass is 469 g/mol. The summed E-state index contributed by atoms with van der Waals surface area (Å²) in [5.74, 6) is -2.43. The highest BCUT2D eigenvalue weighted by molar-refractivity contribution is 5.90. The number of hydrogen-bond donors (Lipinski definition) is 1. The molecule has 8 nitrogen and oxygen atoms in total. The lowest BCUT2D eigenvalue weighted by molar-refractivity contribution is -0.253. The van der Waals surface area contributed by atoms with Gasteiger partial charge in [-0.2, -0.15) is 15.8 Å². The maximum absolute atomic E-state index is 10.6. The number of rotatable bonds is 6. The molecule has 35 heavy (non-hydrogen) atoms. The number of anilines is 1. The number of benzene rings is 2. The van der Waals surface area contributed by atoms with Crippen LogP contribution >= 0.6 is 0 Å². The van der Waals surface area contributed by atoms with Gasteiger partial charge in [0.2, 0.25) is 17.1 Å². The summed E-state index contributed by atoms with van der Waals surface area (Å²) in [5.41, 5.74) is -1.90. The van der Waals surface area contributed by atoms with Crippen LogP contribution in [0.2, 0.25) is 0 Å². The summed E-state index contributed by atoms with van der Waals surface area (Å²) in [6, 6.07) is 20.8. The zero-order valence-corrected chi connectivity index (χ0v) is 20.2. The van der Waals surface area contributed by atoms with E-state index < -0.39 is 34.5 Å². The Morgan fingerprint density at radius 2 is 1.63 bits per heavy atom. The highest BCUT2D eigenvalue weighted by Gasteiger charge is 2.80. The molecule has 8 heteroatoms. The van der Waals surface area contributed by atoms with Gasteiger partial charge >= 0.3 is 0 Å². The maximum atomic E-state index is 10.6. The number of ether oxygens (including phenoxy) is 3. The Labute approximate surface area is 205 Å². The average Bonchev–Trinajstić information content (AvgIpc) is 3.07. The second-order valence-electron chi connectivity index (χ2n) is 8.84. The molecule has 2 aromatic carbocycles. The van der Waals surface area contributed by atoms with Crippen LogP contribution in [-0.2, 0) is 9.47 Å². The first-order valence-electron chi connectivity index (χ1n) is 11.5. The van der Waals surface area contributed by atoms with Crippen LogP contribution in [0.25, 0.3) is 0 Å². The Hall–Kier alpha value is -4.06. The minimum absolute atomic E-state index is 0.455. The van der Waals surface area contributed by atoms with E-state index in [1.54, 1.807) is 31.2 Å². The Morgan fingerprint density at radius 1 is 1.00 bits per heavy atom. The van der Waals surface area contributed by atoms with Crippen LogP contribution in [0.5, 0.6) is 5.75 Å². The molecule has 2 saturated heterocycles. The first kappa shape index (κ1) is 24.1. The number of nitrogens with zero attached hydrogens (tertiary/aromatic N) is 4. The zero-order valence-electron chi connectivity index (χ0n) is 20.2. The highest BCUT2D eigenvalue weighted by Crippen LogP contribution is 2.70. The molecule has 0 spiro atoms. The van der Waals surface area contributed by atoms with Gasteiger partial charge in [0.25, 0.3) is 0 Å². The number of fused-ring (bicyclic) bond motifs is 2. The van der Waals surface area contributed by atoms with E-state index in [4.69, 9.17) is 19.6 Å². The van der Waals surface area contributed by atoms with Crippen molar-refractivity contribution in [2.24, 2.45) is 10.8 Å². The third-order valence-electron chi connectivity index (χ3n) is 7.29. The summed E-state index contributed by atoms with van der Waals surface area (Å²) in [6.45, 7) is 7.44. The second-order valence-corrected chi connectivity index (χ2v) is 8.84. The van der Waals surface area contributed by atoms with Crippen LogP contribution in [-0.4, -0.2) is 31.9 Å². The minimum atomic E-state index is -2.06. The maximum Gasteiger partial charge on any atom is 0.219 e. The fourth-order valence-electron chi connectivity index (χ4n) is 5.60. The van der Waals surface area contributed by atoms with E-state index >= 15 is 0 Å². The van der Waals surface area contributed by atoms with E-state index in [1.807, 2.05) is 24.3 Å². The van der Waals surface area contributed by atoms with E-state index in [0.717, 1.165) is 18.8 Å². The number of methoxy groups -OCH3 is 1. The second kappa shape index (κ2) is 8.62. The molecule has 2 aromatic rings. The van der Waals surface area contributed by atoms with Gasteiger partial charge in [-0.1, -0.05) is 30.3 Å². The molecule has 0 radical (unpaired) electrons. The third-order valence-corrected chi connectivity index (χ3v) is 7.29. The lowest BCUT2D eigenvalue weighted by atomic mass is 9.52. The molecule has 4 atom stereocenters. The largest absolute Gasteiger partial charge is 0.496 e. The molecule has 4 unspecified atom stereocenters. The molecular weight excluding hydrogens is 442 g/mol. The van der Waals surface area contributed by atoms with Gasteiger partial charge in [0.1, 0.15) is 11.9 Å². The van der Waals surface area contributed by atoms with Crippen LogP contribution in [0.1, 0.15) is 43.9 Å². The van der Waals surface area contributed by atoms with Crippen LogP contribution < -0.4 is 9.64 Å². The molecular formula is C27H27N5O3. The van der Waals surface area contributed by atoms with Crippen LogP contribution in [0.3, 0.4) is 0 Å². The van der Waals surface area contributed by atoms with Crippen molar-refractivity contribution in [1.29, 1.82) is 21.2 Å². The molecule has 2 heterocycles. The third kappa shape index (κ3) is 3.09. The topological polar surface area (TPSA) is 126 Å². The average molecular weight is 470 g/mol. The molecule has 0 saturated carbocycles. The standard InChI is InChI=1S/C27H27N5O3/c1-5-32(6-2)19-13-11-18(12-14-19)23-26(15-28,16-29)27(17-30)22(25(3,34-23)35-24(27)31)20-9-7-8-10-21(20)33-4/h7-14,22-23,31H,5-6H2,1-4H3. The van der Waals surface area contributed by atoms with Gasteiger partial charge in [-0.25, -0.2) is 0 Å². The summed E-state index contributed by atoms with van der Waals surface area (Å²) < 4.78 is 17.9. The predicted molar refractivity (Wildman–Crippen MR) is 128 cm³/mol. The minimum Gasteiger partial charge on any atom is -0.496 e. The lowest BCUT2D eigenvalue weighted by Gasteiger charge is -2.49. The lowest BCUT2D eigenvalue weighted by Crippen LogP contribution is -2.57. The molecule has 178 valence electrons. The fraction of sp³-hybridized carbons (Fsp3) is 0.407. The number of nitrogens with one attached hydrogen (secondary N) is 1. The van der Waals surface area contributed by atoms with Crippen LogP contribution in [0.4, 0.5) is 5.69 Å². The van der Waals surface area contributed by atoms with E-state index in [9.17, 15) is 15.8 Å². The van der Waals surface area contributed by atoms with Crippen molar-refractivity contribution >= 4 is 11.6 Å². The smallest absolute Gasteiger partial charge is 0.219 e. The molecule has 0 aliphatic carbocycles. The van der Waals surface area contributed by atoms with Gasteiger partial charge in [0.05, 0.1) is 31.2 Å². The van der Waals surface area contributed by atoms with Gasteiger partial charge in [0, 0.05) is 31.3 Å². The van der Waals surface area contributed by atoms with Crippen molar-refractivity contribution in [3.63, 3.8) is 0 Å². The molecule has 2 bridgehead atoms. The highest BCUT2D eigenvalue weighted by atomic mass is 16.7. The summed E-state index contributed by atoms with van der Waals surface area (Å²) >= 11 is 0. The number of hydrogen-bond acceptors (Lipinski definition) is 8. The Bertz CT molecular complexity index is 1250. The van der Waals surface area contributed by atoms with Gasteiger partial charge < -0.3 is 19.1 Å². The van der Waals surface area contributed by atoms with Gasteiger partial charge in [-0.3, -0.25) is 5.41 Å². The summed E-state index contributed by atoms with van der Waals surface area (Å²) in [6.07, 6.45) is -1.12. The molecule has 2 fully saturated rings. The van der Waals surface area contributed by atoms with Crippen molar-refractivity contribution in [1.82, 2.24) is 0 Å². The van der Waals surface area contributed by atoms with Crippen molar-refractivity contribution < 1.29 is 14.2 Å². The van der Waals surface area contributed by atoms with E-state index in [0.29, 0.717) is 16.9 Å². The van der Waals surface area contributed by atoms with Crippen molar-refractivity contribution in [2.45, 2.75) is 38.6 Å². The van der Waals surface area contributed by atoms with Gasteiger partial charge in [-0.15, -0.1) is 0 Å². The predicted octanol–water partition coefficient (Wildman–Crippen LogP) is 4.66. The van der Waals surface area contributed by atoms with Gasteiger partial charge in [-0.05, 0) is 37.6 Å². The quantitative estimate of drug-likeness (QED) is 0.652. The summed E-state index contributed by atoms with van der Waals surface area (Å²) in [5, 5.41) is 40.4. The van der Waals surface area contributed by atoms with Crippen LogP contribution in [0.15, 0.2) is 48.5 Å². The number of nitriles is 3. The normalized spacial score (nSPS) is 28.2. The van der Waals surface area contributed by atoms with Crippen molar-refractivity contribution in [3.05, 3.63) is 59.7 Å². The van der Waals surface area contributed by atoms with Gasteiger partial charge in [0.15, 0.2) is 5.41 Å². The summed E-state index contributed by atoms with van der Waals surface area (Å²) in [7, 11) is 1.50. The Balaban J connectivity index is 1.95. The molecule has 1 N–H and O–H groups in total. The zero-order chi connectivity index (χ0) is 25.4. The number of para-hydroxylation sites is 1. The molecule has 0 amide bonds. The summed E-state index contributed by atoms with van der Waals surface area (Å²) in [4.78, 5) is 2.17. The Morgan fingerprint density at radius 3 is 2.17 bits per heavy atom. The molecule has 4 rings (SSSR count). The molecule has 2 aliphatic heterocycles. The van der Waals surface area contributed by atoms with E-state index in [1.165, 1.54) is 7.11 Å². The SMILES string of the molecule is CCN(CC)c1ccc(C2OC3(C)OC(=N)C(C#N)(C3c3ccccc3OC)C2(C#N)C#N)cc1. The van der Waals surface area contributed by atoms with Crippen LogP contribution in [0, 0.1) is 50.2 Å². The van der Waals surface area contributed by atoms with Crippen molar-refractivity contribution in [3.8, 4) is 24.0 Å². The Kier molecular flexibility index (Phi) is 5.93. The molecule has 0 aromatic heterocycles. The fourth-order valence-corrected chi connectivity index (χ4v) is 5.60. The first-order valence-corrected chi connectivity index (χ1v) is 11.5. The van der Waals surface area contributed by atoms with Crippen molar-refractivity contribution in [2.75, 3.05) is 25.1 Å². The first-order chi connectivity index (χ1) is 16.8. The van der Waals surface area contributed by atoms with E-state index in [2.05, 4.69) is 37.0 Å². The van der Waals surface area contributed by atoms with E-state index in [-0.39, 0.29) is 0 Å². The molecule has 2 aliphatic rings.